The van der Waals surface area contributed by atoms with Gasteiger partial charge in [0.1, 0.15) is 6.61 Å². The van der Waals surface area contributed by atoms with Gasteiger partial charge in [-0.15, -0.1) is 0 Å². The van der Waals surface area contributed by atoms with E-state index in [1.54, 1.807) is 12.4 Å². The number of aromatic nitrogens is 2. The predicted molar refractivity (Wildman–Crippen MR) is 73.4 cm³/mol. The topological polar surface area (TPSA) is 64.5 Å². The van der Waals surface area contributed by atoms with Crippen LogP contribution in [0.4, 0.5) is 0 Å². The number of piperidine rings is 1. The molecule has 0 aromatic carbocycles. The summed E-state index contributed by atoms with van der Waals surface area (Å²) in [5.41, 5.74) is 1.01. The first-order chi connectivity index (χ1) is 9.69. The molecule has 1 aromatic rings. The molecule has 0 spiro atoms. The molecule has 1 saturated heterocycles. The smallest absolute Gasteiger partial charge is 0.316 e. The molecule has 1 atom stereocenters. The maximum Gasteiger partial charge on any atom is 0.316 e. The predicted octanol–water partition coefficient (Wildman–Crippen LogP) is 1.05. The Bertz CT molecular complexity index is 436. The van der Waals surface area contributed by atoms with Gasteiger partial charge in [-0.2, -0.15) is 0 Å². The Hall–Kier alpha value is -1.69. The highest BCUT2D eigenvalue weighted by molar-refractivity contribution is 5.77. The number of hydrogen-bond donors (Lipinski definition) is 0. The molecule has 6 nitrogen and oxygen atoms in total. The van der Waals surface area contributed by atoms with Crippen LogP contribution < -0.4 is 4.74 Å². The number of nitrogens with zero attached hydrogens (tertiary/aromatic N) is 3. The van der Waals surface area contributed by atoms with Crippen LogP contribution in [0.5, 0.6) is 6.01 Å². The molecule has 1 aliphatic rings. The summed E-state index contributed by atoms with van der Waals surface area (Å²) in [7, 11) is 1.54. The fourth-order valence-electron chi connectivity index (χ4n) is 2.29. The van der Waals surface area contributed by atoms with Gasteiger partial charge in [-0.25, -0.2) is 9.97 Å². The van der Waals surface area contributed by atoms with Gasteiger partial charge in [-0.1, -0.05) is 0 Å². The molecule has 0 radical (unpaired) electrons. The summed E-state index contributed by atoms with van der Waals surface area (Å²) >= 11 is 0. The quantitative estimate of drug-likeness (QED) is 0.806. The van der Waals surface area contributed by atoms with Gasteiger partial charge in [0.05, 0.1) is 6.61 Å². The molecule has 0 bridgehead atoms. The van der Waals surface area contributed by atoms with Crippen molar-refractivity contribution in [1.82, 2.24) is 14.9 Å². The molecular formula is C14H21N3O3. The highest BCUT2D eigenvalue weighted by Crippen LogP contribution is 2.17. The van der Waals surface area contributed by atoms with Crippen molar-refractivity contribution in [2.75, 3.05) is 33.4 Å². The molecule has 0 aliphatic carbocycles. The molecule has 0 N–H and O–H groups in total. The van der Waals surface area contributed by atoms with E-state index < -0.39 is 0 Å². The minimum Gasteiger partial charge on any atom is -0.463 e. The summed E-state index contributed by atoms with van der Waals surface area (Å²) in [6.45, 7) is 4.15. The summed E-state index contributed by atoms with van der Waals surface area (Å²) < 4.78 is 10.5. The maximum absolute atomic E-state index is 11.8. The summed E-state index contributed by atoms with van der Waals surface area (Å²) in [4.78, 5) is 21.9. The highest BCUT2D eigenvalue weighted by atomic mass is 16.5. The zero-order valence-electron chi connectivity index (χ0n) is 12.0. The third kappa shape index (κ3) is 4.16. The molecule has 6 heteroatoms. The number of methoxy groups -OCH3 is 1. The van der Waals surface area contributed by atoms with Gasteiger partial charge >= 0.3 is 6.01 Å². The first-order valence-corrected chi connectivity index (χ1v) is 6.87. The first-order valence-electron chi connectivity index (χ1n) is 6.87. The molecular weight excluding hydrogens is 258 g/mol. The lowest BCUT2D eigenvalue weighted by atomic mass is 9.99. The van der Waals surface area contributed by atoms with Crippen LogP contribution in [-0.2, 0) is 9.53 Å². The van der Waals surface area contributed by atoms with Crippen molar-refractivity contribution < 1.29 is 14.3 Å². The number of rotatable bonds is 5. The van der Waals surface area contributed by atoms with Gasteiger partial charge in [-0.3, -0.25) is 4.79 Å². The third-order valence-corrected chi connectivity index (χ3v) is 3.34. The van der Waals surface area contributed by atoms with Crippen LogP contribution in [0.15, 0.2) is 12.4 Å². The standard InChI is InChI=1S/C14H21N3O3/c1-11-6-15-14(16-7-11)20-9-12-4-3-5-17(8-12)13(18)10-19-2/h6-7,12H,3-5,8-10H2,1-2H3. The first kappa shape index (κ1) is 14.7. The molecule has 1 aliphatic heterocycles. The van der Waals surface area contributed by atoms with E-state index in [2.05, 4.69) is 9.97 Å². The van der Waals surface area contributed by atoms with Crippen LogP contribution in [0.25, 0.3) is 0 Å². The lowest BCUT2D eigenvalue weighted by Gasteiger charge is -2.32. The van der Waals surface area contributed by atoms with Gasteiger partial charge in [0, 0.05) is 38.5 Å². The Morgan fingerprint density at radius 3 is 2.90 bits per heavy atom. The number of carbonyl (C=O) groups excluding carboxylic acids is 1. The van der Waals surface area contributed by atoms with E-state index >= 15 is 0 Å². The summed E-state index contributed by atoms with van der Waals surface area (Å²) in [5, 5.41) is 0. The van der Waals surface area contributed by atoms with E-state index in [1.165, 1.54) is 7.11 Å². The van der Waals surface area contributed by atoms with Gasteiger partial charge in [0.15, 0.2) is 0 Å². The average molecular weight is 279 g/mol. The Labute approximate surface area is 119 Å². The van der Waals surface area contributed by atoms with E-state index in [0.29, 0.717) is 25.1 Å². The number of aryl methyl sites for hydroxylation is 1. The van der Waals surface area contributed by atoms with E-state index in [4.69, 9.17) is 9.47 Å². The van der Waals surface area contributed by atoms with Crippen molar-refractivity contribution in [3.8, 4) is 6.01 Å². The molecule has 1 amide bonds. The van der Waals surface area contributed by atoms with Crippen molar-refractivity contribution in [1.29, 1.82) is 0 Å². The van der Waals surface area contributed by atoms with Gasteiger partial charge in [0.25, 0.3) is 0 Å². The highest BCUT2D eigenvalue weighted by Gasteiger charge is 2.24. The minimum absolute atomic E-state index is 0.0452. The number of likely N-dealkylation sites (tertiary alicyclic amines) is 1. The average Bonchev–Trinajstić information content (AvgIpc) is 2.47. The van der Waals surface area contributed by atoms with E-state index in [0.717, 1.165) is 24.9 Å². The Balaban J connectivity index is 1.80. The van der Waals surface area contributed by atoms with Crippen LogP contribution in [0, 0.1) is 12.8 Å². The minimum atomic E-state index is 0.0452. The molecule has 20 heavy (non-hydrogen) atoms. The van der Waals surface area contributed by atoms with Crippen molar-refractivity contribution in [3.05, 3.63) is 18.0 Å². The fraction of sp³-hybridized carbons (Fsp3) is 0.643. The summed E-state index contributed by atoms with van der Waals surface area (Å²) in [5.74, 6) is 0.373. The number of hydrogen-bond acceptors (Lipinski definition) is 5. The third-order valence-electron chi connectivity index (χ3n) is 3.34. The Morgan fingerprint density at radius 2 is 2.20 bits per heavy atom. The van der Waals surface area contributed by atoms with Gasteiger partial charge in [0.2, 0.25) is 5.91 Å². The van der Waals surface area contributed by atoms with Crippen LogP contribution in [0.3, 0.4) is 0 Å². The van der Waals surface area contributed by atoms with Crippen LogP contribution >= 0.6 is 0 Å². The molecule has 110 valence electrons. The molecule has 0 saturated carbocycles. The number of amides is 1. The zero-order chi connectivity index (χ0) is 14.4. The van der Waals surface area contributed by atoms with E-state index in [1.807, 2.05) is 11.8 Å². The molecule has 2 rings (SSSR count). The van der Waals surface area contributed by atoms with E-state index in [-0.39, 0.29) is 12.5 Å². The van der Waals surface area contributed by atoms with Gasteiger partial charge < -0.3 is 14.4 Å². The molecule has 1 aromatic heterocycles. The molecule has 1 unspecified atom stereocenters. The van der Waals surface area contributed by atoms with Crippen molar-refractivity contribution in [3.63, 3.8) is 0 Å². The van der Waals surface area contributed by atoms with E-state index in [9.17, 15) is 4.79 Å². The van der Waals surface area contributed by atoms with Crippen LogP contribution in [0.1, 0.15) is 18.4 Å². The summed E-state index contributed by atoms with van der Waals surface area (Å²) in [6, 6.07) is 0.399. The molecule has 1 fully saturated rings. The largest absolute Gasteiger partial charge is 0.463 e. The van der Waals surface area contributed by atoms with Gasteiger partial charge in [-0.05, 0) is 25.3 Å². The number of ether oxygens (including phenoxy) is 2. The van der Waals surface area contributed by atoms with Crippen molar-refractivity contribution >= 4 is 5.91 Å². The Kier molecular flexibility index (Phi) is 5.29. The SMILES string of the molecule is COCC(=O)N1CCCC(COc2ncc(C)cn2)C1. The van der Waals surface area contributed by atoms with Crippen LogP contribution in [-0.4, -0.2) is 54.2 Å². The lowest BCUT2D eigenvalue weighted by Crippen LogP contribution is -2.43. The second-order valence-electron chi connectivity index (χ2n) is 5.14. The second kappa shape index (κ2) is 7.19. The lowest BCUT2D eigenvalue weighted by molar-refractivity contribution is -0.137. The zero-order valence-corrected chi connectivity index (χ0v) is 12.0. The van der Waals surface area contributed by atoms with Crippen molar-refractivity contribution in [2.24, 2.45) is 5.92 Å². The molecule has 2 heterocycles. The summed E-state index contributed by atoms with van der Waals surface area (Å²) in [6.07, 6.45) is 5.52. The monoisotopic (exact) mass is 279 g/mol. The van der Waals surface area contributed by atoms with Crippen LogP contribution in [0.2, 0.25) is 0 Å². The fourth-order valence-corrected chi connectivity index (χ4v) is 2.29. The second-order valence-corrected chi connectivity index (χ2v) is 5.14. The maximum atomic E-state index is 11.8. The number of carbonyl (C=O) groups is 1. The normalized spacial score (nSPS) is 18.9. The van der Waals surface area contributed by atoms with Crippen molar-refractivity contribution in [2.45, 2.75) is 19.8 Å². The Morgan fingerprint density at radius 1 is 1.45 bits per heavy atom.